The van der Waals surface area contributed by atoms with Crippen LogP contribution in [0.3, 0.4) is 0 Å². The van der Waals surface area contributed by atoms with Gasteiger partial charge in [-0.1, -0.05) is 66.6 Å². The molecule has 2 rings (SSSR count). The molecule has 2 aromatic carbocycles. The SMILES string of the molecule is C#CCOC(C(=O)OCC[NH+](C)C)(c1ccccc1)c1ccccc1.[Cl-]. The summed E-state index contributed by atoms with van der Waals surface area (Å²) < 4.78 is 11.5. The maximum atomic E-state index is 13.1. The third-order valence-electron chi connectivity index (χ3n) is 3.86. The lowest BCUT2D eigenvalue weighted by Crippen LogP contribution is -3.06. The largest absolute Gasteiger partial charge is 1.00 e. The van der Waals surface area contributed by atoms with E-state index in [1.54, 1.807) is 0 Å². The van der Waals surface area contributed by atoms with Crippen molar-refractivity contribution in [1.82, 2.24) is 0 Å². The van der Waals surface area contributed by atoms with Crippen molar-refractivity contribution in [2.75, 3.05) is 33.9 Å². The first-order chi connectivity index (χ1) is 12.1. The van der Waals surface area contributed by atoms with Gasteiger partial charge in [0, 0.05) is 0 Å². The average Bonchev–Trinajstić information content (AvgIpc) is 2.64. The zero-order valence-corrected chi connectivity index (χ0v) is 15.8. The van der Waals surface area contributed by atoms with Crippen LogP contribution in [0.15, 0.2) is 60.7 Å². The van der Waals surface area contributed by atoms with Gasteiger partial charge in [-0.2, -0.15) is 0 Å². The van der Waals surface area contributed by atoms with Crippen LogP contribution in [0.1, 0.15) is 11.1 Å². The van der Waals surface area contributed by atoms with Crippen LogP contribution in [0.5, 0.6) is 0 Å². The molecule has 26 heavy (non-hydrogen) atoms. The molecule has 0 bridgehead atoms. The van der Waals surface area contributed by atoms with Crippen LogP contribution >= 0.6 is 0 Å². The number of carbonyl (C=O) groups is 1. The highest BCUT2D eigenvalue weighted by molar-refractivity contribution is 5.86. The summed E-state index contributed by atoms with van der Waals surface area (Å²) >= 11 is 0. The van der Waals surface area contributed by atoms with Crippen LogP contribution in [0.25, 0.3) is 0 Å². The van der Waals surface area contributed by atoms with Crippen molar-refractivity contribution in [3.63, 3.8) is 0 Å². The van der Waals surface area contributed by atoms with E-state index in [2.05, 4.69) is 5.92 Å². The van der Waals surface area contributed by atoms with Crippen molar-refractivity contribution < 1.29 is 31.6 Å². The molecular formula is C21H24ClNO3. The Labute approximate surface area is 161 Å². The molecule has 0 heterocycles. The average molecular weight is 374 g/mol. The molecule has 2 aromatic rings. The number of hydrogen-bond acceptors (Lipinski definition) is 3. The molecule has 0 spiro atoms. The topological polar surface area (TPSA) is 40.0 Å². The normalized spacial score (nSPS) is 10.7. The summed E-state index contributed by atoms with van der Waals surface area (Å²) in [6.45, 7) is 1.01. The number of likely N-dealkylation sites (N-methyl/N-ethyl adjacent to an activating group) is 1. The summed E-state index contributed by atoms with van der Waals surface area (Å²) in [4.78, 5) is 14.3. The molecule has 0 aliphatic carbocycles. The van der Waals surface area contributed by atoms with Gasteiger partial charge < -0.3 is 26.8 Å². The molecule has 0 fully saturated rings. The van der Waals surface area contributed by atoms with Gasteiger partial charge in [0.1, 0.15) is 19.8 Å². The molecule has 0 saturated carbocycles. The minimum Gasteiger partial charge on any atom is -1.00 e. The van der Waals surface area contributed by atoms with Crippen LogP contribution < -0.4 is 17.3 Å². The second kappa shape index (κ2) is 10.6. The number of carbonyl (C=O) groups excluding carboxylic acids is 1. The highest BCUT2D eigenvalue weighted by Gasteiger charge is 2.45. The Morgan fingerprint density at radius 3 is 1.96 bits per heavy atom. The van der Waals surface area contributed by atoms with Crippen LogP contribution in [0, 0.1) is 12.3 Å². The van der Waals surface area contributed by atoms with E-state index in [1.165, 1.54) is 4.90 Å². The Morgan fingerprint density at radius 2 is 1.54 bits per heavy atom. The second-order valence-corrected chi connectivity index (χ2v) is 6.00. The van der Waals surface area contributed by atoms with Crippen LogP contribution in [0.2, 0.25) is 0 Å². The quantitative estimate of drug-likeness (QED) is 0.442. The lowest BCUT2D eigenvalue weighted by atomic mass is 9.86. The number of nitrogens with one attached hydrogen (secondary N) is 1. The smallest absolute Gasteiger partial charge is 0.348 e. The number of halogens is 1. The van der Waals surface area contributed by atoms with Crippen molar-refractivity contribution in [3.8, 4) is 12.3 Å². The molecule has 5 heteroatoms. The number of terminal acetylenes is 1. The fourth-order valence-corrected chi connectivity index (χ4v) is 2.57. The summed E-state index contributed by atoms with van der Waals surface area (Å²) in [6.07, 6.45) is 5.40. The number of quaternary nitrogens is 1. The summed E-state index contributed by atoms with van der Waals surface area (Å²) in [7, 11) is 4.01. The second-order valence-electron chi connectivity index (χ2n) is 6.00. The third kappa shape index (κ3) is 5.09. The first-order valence-corrected chi connectivity index (χ1v) is 8.26. The molecule has 0 aliphatic heterocycles. The Hall–Kier alpha value is -2.32. The van der Waals surface area contributed by atoms with E-state index in [0.29, 0.717) is 24.3 Å². The predicted octanol–water partition coefficient (Wildman–Crippen LogP) is -1.73. The zero-order chi connectivity index (χ0) is 18.1. The highest BCUT2D eigenvalue weighted by Crippen LogP contribution is 2.35. The van der Waals surface area contributed by atoms with Gasteiger partial charge in [-0.25, -0.2) is 4.79 Å². The number of rotatable bonds is 8. The van der Waals surface area contributed by atoms with Crippen LogP contribution in [0.4, 0.5) is 0 Å². The molecule has 0 aliphatic rings. The summed E-state index contributed by atoms with van der Waals surface area (Å²) in [5, 5.41) is 0. The third-order valence-corrected chi connectivity index (χ3v) is 3.86. The molecule has 1 N–H and O–H groups in total. The van der Waals surface area contributed by atoms with E-state index < -0.39 is 11.6 Å². The van der Waals surface area contributed by atoms with E-state index in [4.69, 9.17) is 15.9 Å². The van der Waals surface area contributed by atoms with E-state index in [-0.39, 0.29) is 19.0 Å². The molecule has 0 unspecified atom stereocenters. The minimum atomic E-state index is -1.38. The highest BCUT2D eigenvalue weighted by atomic mass is 35.5. The maximum Gasteiger partial charge on any atom is 0.348 e. The van der Waals surface area contributed by atoms with E-state index in [9.17, 15) is 4.79 Å². The molecule has 138 valence electrons. The predicted molar refractivity (Wildman–Crippen MR) is 97.1 cm³/mol. The van der Waals surface area contributed by atoms with Crippen LogP contribution in [-0.2, 0) is 19.9 Å². The molecule has 0 aromatic heterocycles. The van der Waals surface area contributed by atoms with Gasteiger partial charge >= 0.3 is 5.97 Å². The minimum absolute atomic E-state index is 0. The fourth-order valence-electron chi connectivity index (χ4n) is 2.57. The molecule has 0 saturated heterocycles. The standard InChI is InChI=1S/C21H23NO3.ClH/c1-4-16-25-21(18-11-7-5-8-12-18,19-13-9-6-10-14-19)20(23)24-17-15-22(2)3;/h1,5-14H,15-17H2,2-3H3;1H. The van der Waals surface area contributed by atoms with E-state index in [1.807, 2.05) is 74.8 Å². The first-order valence-electron chi connectivity index (χ1n) is 8.26. The van der Waals surface area contributed by atoms with Crippen molar-refractivity contribution in [3.05, 3.63) is 71.8 Å². The Bertz CT molecular complexity index is 672. The summed E-state index contributed by atoms with van der Waals surface area (Å²) in [5.74, 6) is 2.00. The van der Waals surface area contributed by atoms with Crippen molar-refractivity contribution in [2.24, 2.45) is 0 Å². The number of esters is 1. The lowest BCUT2D eigenvalue weighted by molar-refractivity contribution is -0.858. The van der Waals surface area contributed by atoms with E-state index >= 15 is 0 Å². The maximum absolute atomic E-state index is 13.1. The van der Waals surface area contributed by atoms with Gasteiger partial charge in [0.25, 0.3) is 0 Å². The Balaban J connectivity index is 0.00000338. The van der Waals surface area contributed by atoms with Crippen molar-refractivity contribution in [1.29, 1.82) is 0 Å². The zero-order valence-electron chi connectivity index (χ0n) is 15.1. The number of ether oxygens (including phenoxy) is 2. The van der Waals surface area contributed by atoms with E-state index in [0.717, 1.165) is 0 Å². The number of hydrogen-bond donors (Lipinski definition) is 1. The van der Waals surface area contributed by atoms with Gasteiger partial charge in [-0.15, -0.1) is 6.42 Å². The first kappa shape index (κ1) is 21.7. The van der Waals surface area contributed by atoms with Crippen LogP contribution in [-0.4, -0.2) is 39.8 Å². The van der Waals surface area contributed by atoms with Crippen molar-refractivity contribution in [2.45, 2.75) is 5.60 Å². The Kier molecular flexibility index (Phi) is 8.87. The van der Waals surface area contributed by atoms with Gasteiger partial charge in [0.2, 0.25) is 5.60 Å². The van der Waals surface area contributed by atoms with Gasteiger partial charge in [0.05, 0.1) is 14.1 Å². The molecular weight excluding hydrogens is 350 g/mol. The number of benzene rings is 2. The Morgan fingerprint density at radius 1 is 1.04 bits per heavy atom. The summed E-state index contributed by atoms with van der Waals surface area (Å²) in [6, 6.07) is 18.6. The molecule has 0 atom stereocenters. The van der Waals surface area contributed by atoms with Gasteiger partial charge in [-0.3, -0.25) is 0 Å². The van der Waals surface area contributed by atoms with Gasteiger partial charge in [0.15, 0.2) is 0 Å². The monoisotopic (exact) mass is 373 g/mol. The molecule has 0 radical (unpaired) electrons. The van der Waals surface area contributed by atoms with Crippen molar-refractivity contribution >= 4 is 5.97 Å². The summed E-state index contributed by atoms with van der Waals surface area (Å²) in [5.41, 5.74) is 0.00795. The molecule has 0 amide bonds. The lowest BCUT2D eigenvalue weighted by Gasteiger charge is -2.32. The van der Waals surface area contributed by atoms with Gasteiger partial charge in [-0.05, 0) is 11.1 Å². The fraction of sp³-hybridized carbons (Fsp3) is 0.286. The molecule has 4 nitrogen and oxygen atoms in total.